The molecule has 0 bridgehead atoms. The van der Waals surface area contributed by atoms with Crippen molar-refractivity contribution in [2.24, 2.45) is 0 Å². The second-order valence-electron chi connectivity index (χ2n) is 7.64. The van der Waals surface area contributed by atoms with Crippen LogP contribution in [0.15, 0.2) is 53.3 Å². The third-order valence-corrected chi connectivity index (χ3v) is 6.30. The van der Waals surface area contributed by atoms with Gasteiger partial charge in [-0.1, -0.05) is 35.6 Å². The summed E-state index contributed by atoms with van der Waals surface area (Å²) in [6.07, 6.45) is 0.561. The van der Waals surface area contributed by atoms with Crippen LogP contribution in [0.4, 0.5) is 5.13 Å². The highest BCUT2D eigenvalue weighted by atomic mass is 32.1. The van der Waals surface area contributed by atoms with E-state index in [1.807, 2.05) is 12.1 Å². The van der Waals surface area contributed by atoms with Crippen molar-refractivity contribution in [2.75, 3.05) is 11.9 Å². The van der Waals surface area contributed by atoms with Crippen molar-refractivity contribution in [1.82, 2.24) is 25.1 Å². The first-order valence-corrected chi connectivity index (χ1v) is 11.4. The van der Waals surface area contributed by atoms with Gasteiger partial charge >= 0.3 is 0 Å². The Labute approximate surface area is 196 Å². The minimum absolute atomic E-state index is 0.0539. The Bertz CT molecular complexity index is 1460. The van der Waals surface area contributed by atoms with Crippen molar-refractivity contribution in [3.8, 4) is 0 Å². The molecular weight excluding hydrogens is 456 g/mol. The number of rotatable bonds is 7. The largest absolute Gasteiger partial charge is 0.319 e. The first-order chi connectivity index (χ1) is 16.5. The maximum Gasteiger partial charge on any atom is 0.270 e. The molecule has 1 aliphatic rings. The number of para-hydroxylation sites is 2. The van der Waals surface area contributed by atoms with Crippen molar-refractivity contribution in [3.05, 3.63) is 80.7 Å². The van der Waals surface area contributed by atoms with Gasteiger partial charge in [0, 0.05) is 25.8 Å². The zero-order valence-corrected chi connectivity index (χ0v) is 18.6. The molecule has 1 aliphatic heterocycles. The summed E-state index contributed by atoms with van der Waals surface area (Å²) in [5.74, 6) is -0.968. The molecule has 10 nitrogen and oxygen atoms in total. The number of anilines is 1. The lowest BCUT2D eigenvalue weighted by molar-refractivity contribution is -0.116. The van der Waals surface area contributed by atoms with E-state index in [1.54, 1.807) is 36.4 Å². The zero-order chi connectivity index (χ0) is 23.7. The van der Waals surface area contributed by atoms with Crippen molar-refractivity contribution in [3.63, 3.8) is 0 Å². The van der Waals surface area contributed by atoms with Gasteiger partial charge in [-0.25, -0.2) is 4.98 Å². The van der Waals surface area contributed by atoms with Crippen LogP contribution in [0.1, 0.15) is 37.8 Å². The quantitative estimate of drug-likeness (QED) is 0.392. The summed E-state index contributed by atoms with van der Waals surface area (Å²) in [7, 11) is 0. The molecule has 0 saturated heterocycles. The number of imide groups is 1. The summed E-state index contributed by atoms with van der Waals surface area (Å²) >= 11 is 1.17. The van der Waals surface area contributed by atoms with Gasteiger partial charge in [0.2, 0.25) is 11.0 Å². The topological polar surface area (TPSA) is 138 Å². The fraction of sp³-hybridized carbons (Fsp3) is 0.174. The molecule has 2 aromatic heterocycles. The first kappa shape index (κ1) is 21.6. The van der Waals surface area contributed by atoms with E-state index in [9.17, 15) is 19.2 Å². The summed E-state index contributed by atoms with van der Waals surface area (Å²) in [5.41, 5.74) is 2.06. The maximum absolute atomic E-state index is 12.5. The van der Waals surface area contributed by atoms with Crippen LogP contribution in [0, 0.1) is 0 Å². The Hall–Kier alpha value is -4.25. The van der Waals surface area contributed by atoms with Crippen LogP contribution < -0.4 is 10.9 Å². The van der Waals surface area contributed by atoms with Gasteiger partial charge in [0.25, 0.3) is 17.4 Å². The first-order valence-electron chi connectivity index (χ1n) is 10.5. The number of benzene rings is 2. The van der Waals surface area contributed by atoms with Gasteiger partial charge in [0.1, 0.15) is 10.7 Å². The highest BCUT2D eigenvalue weighted by molar-refractivity contribution is 7.15. The van der Waals surface area contributed by atoms with Crippen LogP contribution in [-0.2, 0) is 17.6 Å². The standard InChI is InChI=1S/C23H18N6O4S/c30-18(10-9-17-20(31)25-16-8-4-3-7-15(16)24-17)26-23-28-27-19(34-23)11-12-29-21(32)13-5-1-2-6-14(13)22(29)33/h1-8H,9-12H2,(H,25,31)(H,26,28,30). The number of aromatic nitrogens is 4. The van der Waals surface area contributed by atoms with Crippen molar-refractivity contribution >= 4 is 45.2 Å². The fourth-order valence-electron chi connectivity index (χ4n) is 3.71. The molecule has 3 amide bonds. The number of amides is 3. The van der Waals surface area contributed by atoms with Gasteiger partial charge in [-0.3, -0.25) is 24.1 Å². The molecule has 34 heavy (non-hydrogen) atoms. The fourth-order valence-corrected chi connectivity index (χ4v) is 4.45. The molecule has 0 radical (unpaired) electrons. The number of carbonyl (C=O) groups is 3. The number of aryl methyl sites for hydroxylation is 1. The van der Waals surface area contributed by atoms with Crippen molar-refractivity contribution in [1.29, 1.82) is 0 Å². The van der Waals surface area contributed by atoms with E-state index in [1.165, 1.54) is 16.2 Å². The molecule has 170 valence electrons. The van der Waals surface area contributed by atoms with Crippen LogP contribution in [0.5, 0.6) is 0 Å². The van der Waals surface area contributed by atoms with E-state index in [0.717, 1.165) is 0 Å². The second kappa shape index (κ2) is 8.94. The molecule has 0 saturated carbocycles. The molecule has 11 heteroatoms. The summed E-state index contributed by atoms with van der Waals surface area (Å²) in [5, 5.41) is 11.5. The molecule has 4 aromatic rings. The van der Waals surface area contributed by atoms with Crippen LogP contribution in [-0.4, -0.2) is 49.3 Å². The van der Waals surface area contributed by atoms with Gasteiger partial charge < -0.3 is 10.3 Å². The van der Waals surface area contributed by atoms with Gasteiger partial charge in [-0.15, -0.1) is 10.2 Å². The summed E-state index contributed by atoms with van der Waals surface area (Å²) < 4.78 is 0. The number of H-pyrrole nitrogens is 1. The Balaban J connectivity index is 1.16. The van der Waals surface area contributed by atoms with E-state index >= 15 is 0 Å². The van der Waals surface area contributed by atoms with Crippen LogP contribution in [0.3, 0.4) is 0 Å². The minimum Gasteiger partial charge on any atom is -0.319 e. The smallest absolute Gasteiger partial charge is 0.270 e. The molecule has 3 heterocycles. The zero-order valence-electron chi connectivity index (χ0n) is 17.8. The predicted molar refractivity (Wildman–Crippen MR) is 125 cm³/mol. The Morgan fingerprint density at radius 3 is 2.41 bits per heavy atom. The average molecular weight is 475 g/mol. The van der Waals surface area contributed by atoms with Gasteiger partial charge in [0.05, 0.1) is 22.2 Å². The van der Waals surface area contributed by atoms with Crippen LogP contribution in [0.25, 0.3) is 11.0 Å². The van der Waals surface area contributed by atoms with Gasteiger partial charge in [0.15, 0.2) is 0 Å². The van der Waals surface area contributed by atoms with E-state index in [4.69, 9.17) is 0 Å². The predicted octanol–water partition coefficient (Wildman–Crippen LogP) is 2.18. The van der Waals surface area contributed by atoms with Gasteiger partial charge in [-0.2, -0.15) is 0 Å². The lowest BCUT2D eigenvalue weighted by Gasteiger charge is -2.12. The SMILES string of the molecule is O=C(CCc1nc2ccccc2[nH]c1=O)Nc1nnc(CCN2C(=O)c3ccccc3C2=O)s1. The lowest BCUT2D eigenvalue weighted by atomic mass is 10.1. The number of nitrogens with one attached hydrogen (secondary N) is 2. The number of hydrogen-bond donors (Lipinski definition) is 2. The molecule has 2 N–H and O–H groups in total. The Kier molecular flexibility index (Phi) is 5.68. The highest BCUT2D eigenvalue weighted by Gasteiger charge is 2.34. The van der Waals surface area contributed by atoms with E-state index in [0.29, 0.717) is 38.7 Å². The van der Waals surface area contributed by atoms with E-state index in [2.05, 4.69) is 25.5 Å². The summed E-state index contributed by atoms with van der Waals surface area (Å²) in [4.78, 5) is 57.7. The number of carbonyl (C=O) groups excluding carboxylic acids is 3. The third-order valence-electron chi connectivity index (χ3n) is 5.40. The number of nitrogens with zero attached hydrogens (tertiary/aromatic N) is 4. The summed E-state index contributed by atoms with van der Waals surface area (Å²) in [6.45, 7) is 0.172. The van der Waals surface area contributed by atoms with Crippen LogP contribution >= 0.6 is 11.3 Å². The number of fused-ring (bicyclic) bond motifs is 2. The maximum atomic E-state index is 12.5. The molecule has 2 aromatic carbocycles. The Morgan fingerprint density at radius 1 is 0.941 bits per heavy atom. The van der Waals surface area contributed by atoms with Crippen LogP contribution in [0.2, 0.25) is 0 Å². The summed E-state index contributed by atoms with van der Waals surface area (Å²) in [6, 6.07) is 13.9. The molecule has 0 fully saturated rings. The average Bonchev–Trinajstić information content (AvgIpc) is 3.38. The van der Waals surface area contributed by atoms with Crippen molar-refractivity contribution < 1.29 is 14.4 Å². The highest BCUT2D eigenvalue weighted by Crippen LogP contribution is 2.23. The Morgan fingerprint density at radius 2 is 1.65 bits per heavy atom. The monoisotopic (exact) mass is 474 g/mol. The molecule has 0 atom stereocenters. The second-order valence-corrected chi connectivity index (χ2v) is 8.70. The normalized spacial score (nSPS) is 12.9. The number of hydrogen-bond acceptors (Lipinski definition) is 8. The molecule has 0 spiro atoms. The third kappa shape index (κ3) is 4.20. The molecular formula is C23H18N6O4S. The minimum atomic E-state index is -0.323. The molecule has 5 rings (SSSR count). The molecule has 0 aliphatic carbocycles. The molecule has 0 unspecified atom stereocenters. The van der Waals surface area contributed by atoms with E-state index in [-0.39, 0.29) is 48.4 Å². The van der Waals surface area contributed by atoms with Crippen molar-refractivity contribution in [2.45, 2.75) is 19.3 Å². The van der Waals surface area contributed by atoms with E-state index < -0.39 is 0 Å². The lowest BCUT2D eigenvalue weighted by Crippen LogP contribution is -2.31. The van der Waals surface area contributed by atoms with Gasteiger partial charge in [-0.05, 0) is 24.3 Å². The number of aromatic amines is 1.